The fourth-order valence-electron chi connectivity index (χ4n) is 2.13. The predicted molar refractivity (Wildman–Crippen MR) is 77.1 cm³/mol. The number of amides is 1. The summed E-state index contributed by atoms with van der Waals surface area (Å²) in [4.78, 5) is 11.9. The van der Waals surface area contributed by atoms with E-state index in [-0.39, 0.29) is 5.91 Å². The molecule has 2 rings (SSSR count). The van der Waals surface area contributed by atoms with Crippen molar-refractivity contribution < 1.29 is 4.79 Å². The molecule has 0 aromatic heterocycles. The molecule has 18 heavy (non-hydrogen) atoms. The van der Waals surface area contributed by atoms with Crippen molar-refractivity contribution >= 4 is 33.4 Å². The van der Waals surface area contributed by atoms with Gasteiger partial charge in [-0.2, -0.15) is 0 Å². The van der Waals surface area contributed by atoms with Crippen LogP contribution in [-0.2, 0) is 0 Å². The molecule has 2 N–H and O–H groups in total. The van der Waals surface area contributed by atoms with Crippen molar-refractivity contribution in [3.8, 4) is 0 Å². The van der Waals surface area contributed by atoms with Crippen molar-refractivity contribution in [2.45, 2.75) is 25.3 Å². The number of hydrogen-bond donors (Lipinski definition) is 2. The number of hydrogen-bond acceptors (Lipinski definition) is 2. The molecule has 1 heterocycles. The average Bonchev–Trinajstić information content (AvgIpc) is 2.81. The quantitative estimate of drug-likeness (QED) is 0.890. The Labute approximate surface area is 120 Å². The van der Waals surface area contributed by atoms with E-state index in [9.17, 15) is 4.79 Å². The minimum Gasteiger partial charge on any atom is -0.352 e. The summed E-state index contributed by atoms with van der Waals surface area (Å²) in [6, 6.07) is 5.74. The molecule has 1 saturated heterocycles. The lowest BCUT2D eigenvalue weighted by molar-refractivity contribution is 0.0951. The lowest BCUT2D eigenvalue weighted by atomic mass is 10.1. The van der Waals surface area contributed by atoms with E-state index in [2.05, 4.69) is 26.6 Å². The van der Waals surface area contributed by atoms with Gasteiger partial charge in [0, 0.05) is 22.1 Å². The molecular formula is C13H16BrClN2O. The third-order valence-electron chi connectivity index (χ3n) is 3.12. The molecular weight excluding hydrogens is 316 g/mol. The van der Waals surface area contributed by atoms with Crippen molar-refractivity contribution in [2.24, 2.45) is 0 Å². The topological polar surface area (TPSA) is 41.1 Å². The molecule has 1 fully saturated rings. The molecule has 0 saturated carbocycles. The first kappa shape index (κ1) is 13.8. The highest BCUT2D eigenvalue weighted by molar-refractivity contribution is 9.10. The van der Waals surface area contributed by atoms with Crippen molar-refractivity contribution in [1.29, 1.82) is 0 Å². The first-order valence-corrected chi connectivity index (χ1v) is 7.30. The van der Waals surface area contributed by atoms with Crippen LogP contribution in [0.5, 0.6) is 0 Å². The van der Waals surface area contributed by atoms with Gasteiger partial charge < -0.3 is 10.6 Å². The smallest absolute Gasteiger partial charge is 0.252 e. The number of rotatable bonds is 4. The van der Waals surface area contributed by atoms with Crippen molar-refractivity contribution in [2.75, 3.05) is 13.1 Å². The van der Waals surface area contributed by atoms with Gasteiger partial charge >= 0.3 is 0 Å². The number of nitrogens with one attached hydrogen (secondary N) is 2. The zero-order chi connectivity index (χ0) is 13.0. The summed E-state index contributed by atoms with van der Waals surface area (Å²) in [7, 11) is 0. The van der Waals surface area contributed by atoms with E-state index in [1.807, 2.05) is 0 Å². The van der Waals surface area contributed by atoms with E-state index in [4.69, 9.17) is 11.6 Å². The predicted octanol–water partition coefficient (Wildman–Crippen LogP) is 2.97. The Hall–Kier alpha value is -0.580. The van der Waals surface area contributed by atoms with Crippen LogP contribution in [0.15, 0.2) is 22.7 Å². The van der Waals surface area contributed by atoms with E-state index >= 15 is 0 Å². The Balaban J connectivity index is 1.83. The van der Waals surface area contributed by atoms with Gasteiger partial charge in [-0.05, 0) is 59.9 Å². The zero-order valence-electron chi connectivity index (χ0n) is 10.0. The van der Waals surface area contributed by atoms with E-state index in [0.29, 0.717) is 23.2 Å². The molecule has 1 aromatic carbocycles. The summed E-state index contributed by atoms with van der Waals surface area (Å²) in [5.41, 5.74) is 0.624. The van der Waals surface area contributed by atoms with Gasteiger partial charge in [0.25, 0.3) is 5.91 Å². The Morgan fingerprint density at radius 1 is 1.56 bits per heavy atom. The lowest BCUT2D eigenvalue weighted by Gasteiger charge is -2.11. The van der Waals surface area contributed by atoms with Crippen LogP contribution in [0.4, 0.5) is 0 Å². The zero-order valence-corrected chi connectivity index (χ0v) is 12.4. The number of benzene rings is 1. The molecule has 3 nitrogen and oxygen atoms in total. The monoisotopic (exact) mass is 330 g/mol. The largest absolute Gasteiger partial charge is 0.352 e. The third-order valence-corrected chi connectivity index (χ3v) is 4.01. The lowest BCUT2D eigenvalue weighted by Crippen LogP contribution is -2.30. The summed E-state index contributed by atoms with van der Waals surface area (Å²) in [5.74, 6) is -0.0588. The van der Waals surface area contributed by atoms with Crippen LogP contribution in [-0.4, -0.2) is 25.0 Å². The van der Waals surface area contributed by atoms with Gasteiger partial charge in [-0.15, -0.1) is 0 Å². The molecule has 1 aliphatic rings. The molecule has 1 aromatic rings. The normalized spacial score (nSPS) is 18.9. The fraction of sp³-hybridized carbons (Fsp3) is 0.462. The maximum Gasteiger partial charge on any atom is 0.252 e. The van der Waals surface area contributed by atoms with Gasteiger partial charge in [0.2, 0.25) is 0 Å². The second-order valence-electron chi connectivity index (χ2n) is 4.46. The fourth-order valence-corrected chi connectivity index (χ4v) is 2.99. The Kier molecular flexibility index (Phi) is 5.03. The number of carbonyl (C=O) groups is 1. The number of carbonyl (C=O) groups excluding carboxylic acids is 1. The highest BCUT2D eigenvalue weighted by Crippen LogP contribution is 2.21. The Bertz CT molecular complexity index is 433. The van der Waals surface area contributed by atoms with E-state index in [1.165, 1.54) is 12.8 Å². The summed E-state index contributed by atoms with van der Waals surface area (Å²) in [5, 5.41) is 6.96. The van der Waals surface area contributed by atoms with Crippen LogP contribution in [0, 0.1) is 0 Å². The molecule has 1 aliphatic heterocycles. The van der Waals surface area contributed by atoms with Gasteiger partial charge in [0.15, 0.2) is 0 Å². The average molecular weight is 332 g/mol. The maximum atomic E-state index is 11.9. The maximum absolute atomic E-state index is 11.9. The first-order chi connectivity index (χ1) is 8.66. The standard InChI is InChI=1S/C13H16BrClN2O/c14-12-8-9(15)3-4-11(12)13(18)17-7-5-10-2-1-6-16-10/h3-4,8,10,16H,1-2,5-7H2,(H,17,18)/t10-/m0/s1. The van der Waals surface area contributed by atoms with Crippen molar-refractivity contribution in [1.82, 2.24) is 10.6 Å². The summed E-state index contributed by atoms with van der Waals surface area (Å²) in [6.45, 7) is 1.80. The SMILES string of the molecule is O=C(NCC[C@@H]1CCCN1)c1ccc(Cl)cc1Br. The van der Waals surface area contributed by atoms with Gasteiger partial charge in [-0.3, -0.25) is 4.79 Å². The Morgan fingerprint density at radius 3 is 3.06 bits per heavy atom. The Morgan fingerprint density at radius 2 is 2.39 bits per heavy atom. The van der Waals surface area contributed by atoms with Gasteiger partial charge in [-0.1, -0.05) is 11.6 Å². The number of halogens is 2. The van der Waals surface area contributed by atoms with E-state index in [0.717, 1.165) is 17.4 Å². The van der Waals surface area contributed by atoms with Crippen molar-refractivity contribution in [3.05, 3.63) is 33.3 Å². The van der Waals surface area contributed by atoms with Gasteiger partial charge in [0.1, 0.15) is 0 Å². The molecule has 98 valence electrons. The molecule has 1 amide bonds. The molecule has 0 unspecified atom stereocenters. The first-order valence-electron chi connectivity index (χ1n) is 6.13. The molecule has 5 heteroatoms. The minimum absolute atomic E-state index is 0.0588. The van der Waals surface area contributed by atoms with Crippen LogP contribution < -0.4 is 10.6 Å². The molecule has 0 spiro atoms. The third kappa shape index (κ3) is 3.70. The van der Waals surface area contributed by atoms with E-state index < -0.39 is 0 Å². The summed E-state index contributed by atoms with van der Waals surface area (Å²) in [6.07, 6.45) is 3.43. The van der Waals surface area contributed by atoms with Gasteiger partial charge in [-0.25, -0.2) is 0 Å². The van der Waals surface area contributed by atoms with Gasteiger partial charge in [0.05, 0.1) is 5.56 Å². The highest BCUT2D eigenvalue weighted by atomic mass is 79.9. The van der Waals surface area contributed by atoms with Crippen LogP contribution in [0.2, 0.25) is 5.02 Å². The molecule has 0 radical (unpaired) electrons. The molecule has 1 atom stereocenters. The minimum atomic E-state index is -0.0588. The highest BCUT2D eigenvalue weighted by Gasteiger charge is 2.14. The van der Waals surface area contributed by atoms with Crippen molar-refractivity contribution in [3.63, 3.8) is 0 Å². The molecule has 0 aliphatic carbocycles. The van der Waals surface area contributed by atoms with Crippen LogP contribution in [0.1, 0.15) is 29.6 Å². The van der Waals surface area contributed by atoms with E-state index in [1.54, 1.807) is 18.2 Å². The second-order valence-corrected chi connectivity index (χ2v) is 5.75. The summed E-state index contributed by atoms with van der Waals surface area (Å²) < 4.78 is 0.728. The molecule has 0 bridgehead atoms. The van der Waals surface area contributed by atoms with Crippen LogP contribution in [0.25, 0.3) is 0 Å². The second kappa shape index (κ2) is 6.55. The summed E-state index contributed by atoms with van der Waals surface area (Å²) >= 11 is 9.19. The van der Waals surface area contributed by atoms with Crippen LogP contribution in [0.3, 0.4) is 0 Å². The van der Waals surface area contributed by atoms with Crippen LogP contribution >= 0.6 is 27.5 Å².